The minimum atomic E-state index is -3.79. The number of nitrogens with one attached hydrogen (secondary N) is 2. The van der Waals surface area contributed by atoms with E-state index < -0.39 is 39.3 Å². The van der Waals surface area contributed by atoms with Crippen molar-refractivity contribution in [3.8, 4) is 6.07 Å². The molecule has 0 aliphatic heterocycles. The van der Waals surface area contributed by atoms with Crippen LogP contribution < -0.4 is 10.6 Å². The van der Waals surface area contributed by atoms with Crippen LogP contribution in [0.3, 0.4) is 0 Å². The predicted octanol–water partition coefficient (Wildman–Crippen LogP) is -0.00142. The molecule has 0 fully saturated rings. The number of sulfone groups is 1. The molecule has 124 valence electrons. The van der Waals surface area contributed by atoms with Crippen molar-refractivity contribution in [2.24, 2.45) is 0 Å². The maximum Gasteiger partial charge on any atom is 0.254 e. The second-order valence-corrected chi connectivity index (χ2v) is 6.94. The Labute approximate surface area is 133 Å². The van der Waals surface area contributed by atoms with Gasteiger partial charge in [0, 0.05) is 19.3 Å². The molecule has 1 rings (SSSR count). The van der Waals surface area contributed by atoms with E-state index in [2.05, 4.69) is 10.6 Å². The monoisotopic (exact) mass is 341 g/mol. The second kappa shape index (κ2) is 8.24. The molecule has 0 saturated carbocycles. The lowest BCUT2D eigenvalue weighted by Gasteiger charge is -2.15. The molecule has 0 saturated heterocycles. The Kier molecular flexibility index (Phi) is 6.65. The Hall–Kier alpha value is -2.47. The number of hydrogen-bond acceptors (Lipinski definition) is 5. The van der Waals surface area contributed by atoms with Crippen LogP contribution in [0.2, 0.25) is 0 Å². The lowest BCUT2D eigenvalue weighted by molar-refractivity contribution is -0.120. The van der Waals surface area contributed by atoms with Crippen molar-refractivity contribution >= 4 is 21.7 Å². The molecule has 7 nitrogen and oxygen atoms in total. The average molecular weight is 341 g/mol. The molecule has 0 bridgehead atoms. The number of rotatable bonds is 7. The summed E-state index contributed by atoms with van der Waals surface area (Å²) in [4.78, 5) is 23.7. The zero-order valence-corrected chi connectivity index (χ0v) is 13.2. The van der Waals surface area contributed by atoms with Gasteiger partial charge in [0.1, 0.15) is 5.82 Å². The van der Waals surface area contributed by atoms with Gasteiger partial charge in [0.05, 0.1) is 18.1 Å². The molecule has 0 aromatic heterocycles. The second-order valence-electron chi connectivity index (χ2n) is 4.71. The smallest absolute Gasteiger partial charge is 0.254 e. The Balaban J connectivity index is 2.76. The SMILES string of the molecule is CS(=O)(=O)C(CNC(=O)c1ccccc1F)C(=O)NCCC#N. The molecule has 0 radical (unpaired) electrons. The maximum absolute atomic E-state index is 13.5. The Bertz CT molecular complexity index is 728. The van der Waals surface area contributed by atoms with Crippen molar-refractivity contribution in [2.75, 3.05) is 19.3 Å². The lowest BCUT2D eigenvalue weighted by Crippen LogP contribution is -2.47. The first-order chi connectivity index (χ1) is 10.8. The molecule has 0 spiro atoms. The maximum atomic E-state index is 13.5. The van der Waals surface area contributed by atoms with E-state index in [1.165, 1.54) is 18.2 Å². The van der Waals surface area contributed by atoms with Gasteiger partial charge in [0.15, 0.2) is 15.1 Å². The van der Waals surface area contributed by atoms with E-state index in [9.17, 15) is 22.4 Å². The molecule has 1 atom stereocenters. The van der Waals surface area contributed by atoms with Crippen LogP contribution in [-0.4, -0.2) is 44.8 Å². The van der Waals surface area contributed by atoms with Gasteiger partial charge in [-0.15, -0.1) is 0 Å². The van der Waals surface area contributed by atoms with E-state index in [4.69, 9.17) is 5.26 Å². The van der Waals surface area contributed by atoms with Crippen molar-refractivity contribution in [3.63, 3.8) is 0 Å². The third kappa shape index (κ3) is 5.67. The first-order valence-electron chi connectivity index (χ1n) is 6.63. The summed E-state index contributed by atoms with van der Waals surface area (Å²) in [7, 11) is -3.79. The minimum Gasteiger partial charge on any atom is -0.354 e. The number of halogens is 1. The van der Waals surface area contributed by atoms with Gasteiger partial charge in [0.2, 0.25) is 5.91 Å². The topological polar surface area (TPSA) is 116 Å². The molecule has 1 unspecified atom stereocenters. The first-order valence-corrected chi connectivity index (χ1v) is 8.59. The van der Waals surface area contributed by atoms with Crippen molar-refractivity contribution in [1.82, 2.24) is 10.6 Å². The molecule has 2 N–H and O–H groups in total. The summed E-state index contributed by atoms with van der Waals surface area (Å²) >= 11 is 0. The standard InChI is InChI=1S/C14H16FN3O4S/c1-23(21,22)12(14(20)17-8-4-7-16)9-18-13(19)10-5-2-3-6-11(10)15/h2-3,5-6,12H,4,8-9H2,1H3,(H,17,20)(H,18,19). The molecule has 0 aliphatic carbocycles. The van der Waals surface area contributed by atoms with E-state index in [0.717, 1.165) is 12.3 Å². The largest absolute Gasteiger partial charge is 0.354 e. The number of amides is 2. The van der Waals surface area contributed by atoms with Gasteiger partial charge >= 0.3 is 0 Å². The van der Waals surface area contributed by atoms with Gasteiger partial charge in [-0.2, -0.15) is 5.26 Å². The molecule has 0 aliphatic rings. The molecule has 9 heteroatoms. The van der Waals surface area contributed by atoms with Crippen molar-refractivity contribution in [3.05, 3.63) is 35.6 Å². The van der Waals surface area contributed by atoms with Crippen LogP contribution in [-0.2, 0) is 14.6 Å². The predicted molar refractivity (Wildman–Crippen MR) is 80.6 cm³/mol. The molecule has 1 aromatic carbocycles. The summed E-state index contributed by atoms with van der Waals surface area (Å²) < 4.78 is 36.8. The molecule has 23 heavy (non-hydrogen) atoms. The highest BCUT2D eigenvalue weighted by molar-refractivity contribution is 7.92. The highest BCUT2D eigenvalue weighted by Crippen LogP contribution is 2.06. The van der Waals surface area contributed by atoms with E-state index in [1.54, 1.807) is 6.07 Å². The highest BCUT2D eigenvalue weighted by Gasteiger charge is 2.29. The van der Waals surface area contributed by atoms with Gasteiger partial charge in [-0.1, -0.05) is 12.1 Å². The number of hydrogen-bond donors (Lipinski definition) is 2. The lowest BCUT2D eigenvalue weighted by atomic mass is 10.2. The zero-order valence-electron chi connectivity index (χ0n) is 12.4. The molecular weight excluding hydrogens is 325 g/mol. The van der Waals surface area contributed by atoms with Crippen molar-refractivity contribution in [2.45, 2.75) is 11.7 Å². The quantitative estimate of drug-likeness (QED) is 0.677. The summed E-state index contributed by atoms with van der Waals surface area (Å²) in [6.45, 7) is -0.493. The van der Waals surface area contributed by atoms with Crippen LogP contribution in [0.25, 0.3) is 0 Å². The van der Waals surface area contributed by atoms with Gasteiger partial charge in [-0.3, -0.25) is 9.59 Å². The number of carbonyl (C=O) groups is 2. The third-order valence-electron chi connectivity index (χ3n) is 2.91. The number of benzene rings is 1. The molecule has 2 amide bonds. The van der Waals surface area contributed by atoms with Crippen LogP contribution in [0.4, 0.5) is 4.39 Å². The normalized spacial score (nSPS) is 12.0. The van der Waals surface area contributed by atoms with E-state index in [0.29, 0.717) is 0 Å². The Morgan fingerprint density at radius 3 is 2.52 bits per heavy atom. The van der Waals surface area contributed by atoms with E-state index in [1.807, 2.05) is 0 Å². The third-order valence-corrected chi connectivity index (χ3v) is 4.33. The summed E-state index contributed by atoms with van der Waals surface area (Å²) in [6.07, 6.45) is 0.889. The highest BCUT2D eigenvalue weighted by atomic mass is 32.2. The number of nitrogens with zero attached hydrogens (tertiary/aromatic N) is 1. The fourth-order valence-corrected chi connectivity index (χ4v) is 2.58. The summed E-state index contributed by atoms with van der Waals surface area (Å²) in [5, 5.41) is 11.4. The van der Waals surface area contributed by atoms with E-state index in [-0.39, 0.29) is 18.5 Å². The number of carbonyl (C=O) groups excluding carboxylic acids is 2. The van der Waals surface area contributed by atoms with Gasteiger partial charge in [-0.05, 0) is 12.1 Å². The van der Waals surface area contributed by atoms with Crippen LogP contribution in [0.15, 0.2) is 24.3 Å². The average Bonchev–Trinajstić information content (AvgIpc) is 2.46. The van der Waals surface area contributed by atoms with Crippen molar-refractivity contribution in [1.29, 1.82) is 5.26 Å². The fraction of sp³-hybridized carbons (Fsp3) is 0.357. The van der Waals surface area contributed by atoms with E-state index >= 15 is 0 Å². The minimum absolute atomic E-state index is 0.00259. The first kappa shape index (κ1) is 18.6. The summed E-state index contributed by atoms with van der Waals surface area (Å²) in [6, 6.07) is 7.01. The molecule has 1 aromatic rings. The zero-order chi connectivity index (χ0) is 17.5. The van der Waals surface area contributed by atoms with Gasteiger partial charge < -0.3 is 10.6 Å². The van der Waals surface area contributed by atoms with Crippen LogP contribution in [0.5, 0.6) is 0 Å². The summed E-state index contributed by atoms with van der Waals surface area (Å²) in [5.41, 5.74) is -0.246. The Morgan fingerprint density at radius 1 is 1.30 bits per heavy atom. The van der Waals surface area contributed by atoms with Crippen molar-refractivity contribution < 1.29 is 22.4 Å². The summed E-state index contributed by atoms with van der Waals surface area (Å²) in [5.74, 6) is -2.39. The molecule has 0 heterocycles. The van der Waals surface area contributed by atoms with Crippen LogP contribution >= 0.6 is 0 Å². The van der Waals surface area contributed by atoms with Gasteiger partial charge in [-0.25, -0.2) is 12.8 Å². The molecular formula is C14H16FN3O4S. The fourth-order valence-electron chi connectivity index (χ4n) is 1.72. The Morgan fingerprint density at radius 2 is 1.96 bits per heavy atom. The van der Waals surface area contributed by atoms with Gasteiger partial charge in [0.25, 0.3) is 5.91 Å². The van der Waals surface area contributed by atoms with Crippen LogP contribution in [0, 0.1) is 17.1 Å². The van der Waals surface area contributed by atoms with Crippen LogP contribution in [0.1, 0.15) is 16.8 Å². The number of nitriles is 1.